The van der Waals surface area contributed by atoms with E-state index in [1.807, 2.05) is 0 Å². The lowest BCUT2D eigenvalue weighted by molar-refractivity contribution is 0.611. The van der Waals surface area contributed by atoms with Gasteiger partial charge in [0.25, 0.3) is 5.56 Å². The van der Waals surface area contributed by atoms with Crippen molar-refractivity contribution in [3.05, 3.63) is 63.6 Å². The van der Waals surface area contributed by atoms with Crippen molar-refractivity contribution in [2.24, 2.45) is 5.73 Å². The van der Waals surface area contributed by atoms with E-state index in [4.69, 9.17) is 5.73 Å². The van der Waals surface area contributed by atoms with E-state index in [2.05, 4.69) is 9.97 Å². The standard InChI is InChI=1S/C13H14FN3O/c1-8(15)11-7-13(18)17-12(16-11)6-9-4-2-3-5-10(9)14/h2-5,7-8H,6,15H2,1H3,(H,16,17,18). The minimum atomic E-state index is -0.327. The number of aromatic amines is 1. The predicted molar refractivity (Wildman–Crippen MR) is 66.7 cm³/mol. The fourth-order valence-electron chi connectivity index (χ4n) is 1.67. The van der Waals surface area contributed by atoms with Gasteiger partial charge in [-0.1, -0.05) is 18.2 Å². The van der Waals surface area contributed by atoms with Crippen LogP contribution in [0.25, 0.3) is 0 Å². The lowest BCUT2D eigenvalue weighted by Crippen LogP contribution is -2.17. The summed E-state index contributed by atoms with van der Waals surface area (Å²) < 4.78 is 13.5. The van der Waals surface area contributed by atoms with E-state index >= 15 is 0 Å². The van der Waals surface area contributed by atoms with Gasteiger partial charge in [0.1, 0.15) is 11.6 Å². The van der Waals surface area contributed by atoms with Gasteiger partial charge in [-0.15, -0.1) is 0 Å². The molecule has 0 amide bonds. The number of H-pyrrole nitrogens is 1. The van der Waals surface area contributed by atoms with Gasteiger partial charge in [0.05, 0.1) is 5.69 Å². The molecule has 3 N–H and O–H groups in total. The molecule has 2 aromatic rings. The molecule has 2 rings (SSSR count). The number of hydrogen-bond acceptors (Lipinski definition) is 3. The SMILES string of the molecule is CC(N)c1cc(=O)[nH]c(Cc2ccccc2F)n1. The third-order valence-electron chi connectivity index (χ3n) is 2.59. The van der Waals surface area contributed by atoms with Crippen LogP contribution in [0.4, 0.5) is 4.39 Å². The van der Waals surface area contributed by atoms with Crippen LogP contribution in [-0.4, -0.2) is 9.97 Å². The van der Waals surface area contributed by atoms with Gasteiger partial charge in [-0.3, -0.25) is 4.79 Å². The summed E-state index contributed by atoms with van der Waals surface area (Å²) in [6, 6.07) is 7.43. The van der Waals surface area contributed by atoms with Crippen molar-refractivity contribution in [1.82, 2.24) is 9.97 Å². The molecule has 0 radical (unpaired) electrons. The highest BCUT2D eigenvalue weighted by molar-refractivity contribution is 5.21. The summed E-state index contributed by atoms with van der Waals surface area (Å²) in [7, 11) is 0. The van der Waals surface area contributed by atoms with Gasteiger partial charge in [0.15, 0.2) is 0 Å². The van der Waals surface area contributed by atoms with Crippen LogP contribution in [0.15, 0.2) is 35.1 Å². The molecule has 1 aromatic carbocycles. The molecule has 1 aromatic heterocycles. The molecule has 1 atom stereocenters. The van der Waals surface area contributed by atoms with E-state index in [0.717, 1.165) is 0 Å². The Kier molecular flexibility index (Phi) is 3.53. The summed E-state index contributed by atoms with van der Waals surface area (Å²) in [6.45, 7) is 1.74. The van der Waals surface area contributed by atoms with Crippen LogP contribution in [0, 0.1) is 5.82 Å². The third kappa shape index (κ3) is 2.81. The maximum absolute atomic E-state index is 13.5. The summed E-state index contributed by atoms with van der Waals surface area (Å²) in [5.41, 5.74) is 6.40. The molecule has 1 heterocycles. The molecule has 1 unspecified atom stereocenters. The first kappa shape index (κ1) is 12.4. The highest BCUT2D eigenvalue weighted by Crippen LogP contribution is 2.11. The summed E-state index contributed by atoms with van der Waals surface area (Å²) in [5, 5.41) is 0. The minimum Gasteiger partial charge on any atom is -0.323 e. The topological polar surface area (TPSA) is 71.8 Å². The average molecular weight is 247 g/mol. The van der Waals surface area contributed by atoms with Gasteiger partial charge in [-0.2, -0.15) is 0 Å². The van der Waals surface area contributed by atoms with Crippen LogP contribution in [0.1, 0.15) is 30.0 Å². The van der Waals surface area contributed by atoms with Gasteiger partial charge >= 0.3 is 0 Å². The minimum absolute atomic E-state index is 0.239. The maximum Gasteiger partial charge on any atom is 0.251 e. The van der Waals surface area contributed by atoms with Crippen molar-refractivity contribution in [2.75, 3.05) is 0 Å². The fourth-order valence-corrected chi connectivity index (χ4v) is 1.67. The van der Waals surface area contributed by atoms with E-state index in [1.54, 1.807) is 25.1 Å². The van der Waals surface area contributed by atoms with E-state index in [-0.39, 0.29) is 23.8 Å². The lowest BCUT2D eigenvalue weighted by atomic mass is 10.1. The largest absolute Gasteiger partial charge is 0.323 e. The van der Waals surface area contributed by atoms with Crippen molar-refractivity contribution in [2.45, 2.75) is 19.4 Å². The van der Waals surface area contributed by atoms with E-state index in [9.17, 15) is 9.18 Å². The molecule has 0 saturated carbocycles. The Hall–Kier alpha value is -2.01. The Balaban J connectivity index is 2.35. The number of benzene rings is 1. The summed E-state index contributed by atoms with van der Waals surface area (Å²) >= 11 is 0. The van der Waals surface area contributed by atoms with Gasteiger partial charge < -0.3 is 10.7 Å². The number of hydrogen-bond donors (Lipinski definition) is 2. The highest BCUT2D eigenvalue weighted by Gasteiger charge is 2.08. The normalized spacial score (nSPS) is 12.4. The first-order chi connectivity index (χ1) is 8.56. The van der Waals surface area contributed by atoms with Crippen LogP contribution in [0.5, 0.6) is 0 Å². The Morgan fingerprint density at radius 3 is 2.83 bits per heavy atom. The molecule has 0 aliphatic rings. The molecule has 0 bridgehead atoms. The van der Waals surface area contributed by atoms with Crippen LogP contribution in [0.3, 0.4) is 0 Å². The molecule has 4 nitrogen and oxygen atoms in total. The van der Waals surface area contributed by atoms with Crippen molar-refractivity contribution in [3.63, 3.8) is 0 Å². The number of halogens is 1. The number of nitrogens with two attached hydrogens (primary N) is 1. The Morgan fingerprint density at radius 2 is 2.17 bits per heavy atom. The predicted octanol–water partition coefficient (Wildman–Crippen LogP) is 1.52. The zero-order valence-electron chi connectivity index (χ0n) is 9.98. The first-order valence-electron chi connectivity index (χ1n) is 5.65. The molecule has 0 aliphatic carbocycles. The molecule has 5 heteroatoms. The van der Waals surface area contributed by atoms with Crippen LogP contribution in [-0.2, 0) is 6.42 Å². The Bertz CT molecular complexity index is 607. The van der Waals surface area contributed by atoms with Crippen molar-refractivity contribution in [1.29, 1.82) is 0 Å². The average Bonchev–Trinajstić information content (AvgIpc) is 2.31. The van der Waals surface area contributed by atoms with Crippen LogP contribution < -0.4 is 11.3 Å². The Morgan fingerprint density at radius 1 is 1.44 bits per heavy atom. The third-order valence-corrected chi connectivity index (χ3v) is 2.59. The monoisotopic (exact) mass is 247 g/mol. The van der Waals surface area contributed by atoms with Gasteiger partial charge in [-0.25, -0.2) is 9.37 Å². The molecular weight excluding hydrogens is 233 g/mol. The lowest BCUT2D eigenvalue weighted by Gasteiger charge is -2.07. The van der Waals surface area contributed by atoms with Gasteiger partial charge in [0, 0.05) is 18.5 Å². The number of rotatable bonds is 3. The van der Waals surface area contributed by atoms with Crippen molar-refractivity contribution in [3.8, 4) is 0 Å². The van der Waals surface area contributed by atoms with E-state index in [0.29, 0.717) is 17.1 Å². The smallest absolute Gasteiger partial charge is 0.251 e. The zero-order chi connectivity index (χ0) is 13.1. The second-order valence-corrected chi connectivity index (χ2v) is 4.17. The molecule has 0 fully saturated rings. The van der Waals surface area contributed by atoms with Crippen LogP contribution in [0.2, 0.25) is 0 Å². The van der Waals surface area contributed by atoms with Crippen molar-refractivity contribution < 1.29 is 4.39 Å². The second kappa shape index (κ2) is 5.10. The molecule has 18 heavy (non-hydrogen) atoms. The van der Waals surface area contributed by atoms with Gasteiger partial charge in [-0.05, 0) is 18.6 Å². The maximum atomic E-state index is 13.5. The van der Waals surface area contributed by atoms with Crippen LogP contribution >= 0.6 is 0 Å². The number of nitrogens with one attached hydrogen (secondary N) is 1. The quantitative estimate of drug-likeness (QED) is 0.863. The second-order valence-electron chi connectivity index (χ2n) is 4.17. The Labute approximate surface area is 104 Å². The fraction of sp³-hybridized carbons (Fsp3) is 0.231. The summed E-state index contributed by atoms with van der Waals surface area (Å²) in [6.07, 6.45) is 0.239. The van der Waals surface area contributed by atoms with E-state index < -0.39 is 0 Å². The van der Waals surface area contributed by atoms with Crippen molar-refractivity contribution >= 4 is 0 Å². The molecule has 94 valence electrons. The zero-order valence-corrected chi connectivity index (χ0v) is 9.98. The molecule has 0 saturated heterocycles. The summed E-state index contributed by atoms with van der Waals surface area (Å²) in [5.74, 6) is 0.103. The molecule has 0 spiro atoms. The highest BCUT2D eigenvalue weighted by atomic mass is 19.1. The molecular formula is C13H14FN3O. The number of aromatic nitrogens is 2. The van der Waals surface area contributed by atoms with Gasteiger partial charge in [0.2, 0.25) is 0 Å². The summed E-state index contributed by atoms with van der Waals surface area (Å²) in [4.78, 5) is 18.3. The number of nitrogens with zero attached hydrogens (tertiary/aromatic N) is 1. The first-order valence-corrected chi connectivity index (χ1v) is 5.65. The van der Waals surface area contributed by atoms with E-state index in [1.165, 1.54) is 12.1 Å². The molecule has 0 aliphatic heterocycles.